The number of nitrogens with one attached hydrogen (secondary N) is 1. The first-order valence-corrected chi connectivity index (χ1v) is 8.36. The highest BCUT2D eigenvalue weighted by Gasteiger charge is 2.31. The Kier molecular flexibility index (Phi) is 4.18. The van der Waals surface area contributed by atoms with Crippen molar-refractivity contribution >= 4 is 11.3 Å². The van der Waals surface area contributed by atoms with Crippen molar-refractivity contribution in [2.75, 3.05) is 0 Å². The average molecular weight is 286 g/mol. The molecule has 0 saturated heterocycles. The van der Waals surface area contributed by atoms with Crippen LogP contribution in [0.2, 0.25) is 0 Å². The summed E-state index contributed by atoms with van der Waals surface area (Å²) in [5, 5.41) is 7.06. The minimum Gasteiger partial charge on any atom is -0.305 e. The molecule has 1 heterocycles. The molecule has 1 aliphatic carbocycles. The van der Waals surface area contributed by atoms with Crippen molar-refractivity contribution in [2.24, 2.45) is 0 Å². The van der Waals surface area contributed by atoms with Crippen LogP contribution in [0.4, 0.5) is 0 Å². The SMILES string of the molecule is CCC(NC1CC(c2ccc(C)cc2)C1)c1nccs1. The van der Waals surface area contributed by atoms with Gasteiger partial charge in [0.25, 0.3) is 0 Å². The number of hydrogen-bond donors (Lipinski definition) is 1. The Bertz CT molecular complexity index is 527. The first kappa shape index (κ1) is 13.8. The van der Waals surface area contributed by atoms with Gasteiger partial charge in [0.1, 0.15) is 5.01 Å². The number of aryl methyl sites for hydroxylation is 1. The third-order valence-electron chi connectivity index (χ3n) is 4.28. The predicted molar refractivity (Wildman–Crippen MR) is 85.2 cm³/mol. The normalized spacial score (nSPS) is 23.3. The summed E-state index contributed by atoms with van der Waals surface area (Å²) in [6.07, 6.45) is 5.52. The quantitative estimate of drug-likeness (QED) is 0.879. The second kappa shape index (κ2) is 6.06. The molecule has 2 aromatic rings. The van der Waals surface area contributed by atoms with Crippen molar-refractivity contribution in [1.82, 2.24) is 10.3 Å². The minimum absolute atomic E-state index is 0.430. The second-order valence-corrected chi connectivity index (χ2v) is 6.70. The van der Waals surface area contributed by atoms with Crippen LogP contribution in [0.3, 0.4) is 0 Å². The van der Waals surface area contributed by atoms with E-state index < -0.39 is 0 Å². The molecule has 0 radical (unpaired) electrons. The molecule has 1 aliphatic rings. The van der Waals surface area contributed by atoms with Crippen molar-refractivity contribution < 1.29 is 0 Å². The van der Waals surface area contributed by atoms with Crippen LogP contribution < -0.4 is 5.32 Å². The number of hydrogen-bond acceptors (Lipinski definition) is 3. The van der Waals surface area contributed by atoms with Crippen molar-refractivity contribution in [1.29, 1.82) is 0 Å². The zero-order valence-corrected chi connectivity index (χ0v) is 13.0. The number of rotatable bonds is 5. The van der Waals surface area contributed by atoms with E-state index in [9.17, 15) is 0 Å². The Morgan fingerprint density at radius 2 is 2.05 bits per heavy atom. The fourth-order valence-corrected chi connectivity index (χ4v) is 3.70. The van der Waals surface area contributed by atoms with Gasteiger partial charge in [-0.2, -0.15) is 0 Å². The van der Waals surface area contributed by atoms with Gasteiger partial charge in [-0.3, -0.25) is 0 Å². The molecule has 20 heavy (non-hydrogen) atoms. The van der Waals surface area contributed by atoms with Crippen LogP contribution >= 0.6 is 11.3 Å². The van der Waals surface area contributed by atoms with E-state index in [1.807, 2.05) is 6.20 Å². The van der Waals surface area contributed by atoms with Gasteiger partial charge in [0.2, 0.25) is 0 Å². The maximum absolute atomic E-state index is 4.44. The van der Waals surface area contributed by atoms with Gasteiger partial charge >= 0.3 is 0 Å². The molecule has 1 aromatic heterocycles. The Labute approximate surface area is 125 Å². The van der Waals surface area contributed by atoms with Crippen molar-refractivity contribution in [3.8, 4) is 0 Å². The Balaban J connectivity index is 1.54. The van der Waals surface area contributed by atoms with Crippen LogP contribution in [0, 0.1) is 6.92 Å². The van der Waals surface area contributed by atoms with Crippen molar-refractivity contribution in [2.45, 2.75) is 51.1 Å². The van der Waals surface area contributed by atoms with Gasteiger partial charge in [0, 0.05) is 17.6 Å². The maximum Gasteiger partial charge on any atom is 0.109 e. The molecule has 0 aliphatic heterocycles. The van der Waals surface area contributed by atoms with E-state index in [1.165, 1.54) is 29.0 Å². The third kappa shape index (κ3) is 2.94. The van der Waals surface area contributed by atoms with Gasteiger partial charge in [-0.05, 0) is 37.7 Å². The van der Waals surface area contributed by atoms with E-state index in [0.717, 1.165) is 12.3 Å². The van der Waals surface area contributed by atoms with Crippen molar-refractivity contribution in [3.05, 3.63) is 52.0 Å². The van der Waals surface area contributed by atoms with Crippen LogP contribution in [0.1, 0.15) is 54.3 Å². The topological polar surface area (TPSA) is 24.9 Å². The molecule has 3 rings (SSSR count). The molecule has 1 fully saturated rings. The van der Waals surface area contributed by atoms with Gasteiger partial charge in [0.15, 0.2) is 0 Å². The highest BCUT2D eigenvalue weighted by atomic mass is 32.1. The van der Waals surface area contributed by atoms with E-state index in [1.54, 1.807) is 11.3 Å². The zero-order chi connectivity index (χ0) is 13.9. The monoisotopic (exact) mass is 286 g/mol. The zero-order valence-electron chi connectivity index (χ0n) is 12.2. The smallest absolute Gasteiger partial charge is 0.109 e. The first-order chi connectivity index (χ1) is 9.76. The molecule has 106 valence electrons. The van der Waals surface area contributed by atoms with Gasteiger partial charge in [-0.1, -0.05) is 36.8 Å². The number of thiazole rings is 1. The number of nitrogens with zero attached hydrogens (tertiary/aromatic N) is 1. The van der Waals surface area contributed by atoms with E-state index in [2.05, 4.69) is 53.8 Å². The Hall–Kier alpha value is -1.19. The third-order valence-corrected chi connectivity index (χ3v) is 5.17. The standard InChI is InChI=1S/C17H22N2S/c1-3-16(17-18-8-9-20-17)19-15-10-14(11-15)13-6-4-12(2)5-7-13/h4-9,14-16,19H,3,10-11H2,1-2H3. The van der Waals surface area contributed by atoms with Crippen molar-refractivity contribution in [3.63, 3.8) is 0 Å². The largest absolute Gasteiger partial charge is 0.305 e. The van der Waals surface area contributed by atoms with E-state index in [0.29, 0.717) is 12.1 Å². The van der Waals surface area contributed by atoms with Crippen LogP contribution in [0.15, 0.2) is 35.8 Å². The minimum atomic E-state index is 0.430. The summed E-state index contributed by atoms with van der Waals surface area (Å²) in [5.74, 6) is 0.738. The predicted octanol–water partition coefficient (Wildman–Crippen LogP) is 4.44. The molecule has 1 saturated carbocycles. The summed E-state index contributed by atoms with van der Waals surface area (Å²) in [4.78, 5) is 4.44. The second-order valence-electron chi connectivity index (χ2n) is 5.77. The fourth-order valence-electron chi connectivity index (χ4n) is 2.92. The molecule has 1 aromatic carbocycles. The van der Waals surface area contributed by atoms with Gasteiger partial charge in [-0.15, -0.1) is 11.3 Å². The van der Waals surface area contributed by atoms with Gasteiger partial charge in [-0.25, -0.2) is 4.98 Å². The fraction of sp³-hybridized carbons (Fsp3) is 0.471. The molecule has 2 nitrogen and oxygen atoms in total. The van der Waals surface area contributed by atoms with Crippen LogP contribution in [0.5, 0.6) is 0 Å². The molecule has 0 bridgehead atoms. The first-order valence-electron chi connectivity index (χ1n) is 7.48. The molecular weight excluding hydrogens is 264 g/mol. The summed E-state index contributed by atoms with van der Waals surface area (Å²) in [5.41, 5.74) is 2.84. The molecule has 0 spiro atoms. The Morgan fingerprint density at radius 3 is 2.65 bits per heavy atom. The van der Waals surface area contributed by atoms with Gasteiger partial charge < -0.3 is 5.32 Å². The van der Waals surface area contributed by atoms with Gasteiger partial charge in [0.05, 0.1) is 6.04 Å². The number of aromatic nitrogens is 1. The maximum atomic E-state index is 4.44. The highest BCUT2D eigenvalue weighted by Crippen LogP contribution is 2.38. The molecule has 3 heteroatoms. The summed E-state index contributed by atoms with van der Waals surface area (Å²) < 4.78 is 0. The number of benzene rings is 1. The van der Waals surface area contributed by atoms with Crippen LogP contribution in [0.25, 0.3) is 0 Å². The molecule has 1 N–H and O–H groups in total. The molecule has 1 atom stereocenters. The lowest BCUT2D eigenvalue weighted by atomic mass is 9.75. The van der Waals surface area contributed by atoms with Crippen LogP contribution in [-0.2, 0) is 0 Å². The summed E-state index contributed by atoms with van der Waals surface area (Å²) in [7, 11) is 0. The average Bonchev–Trinajstić information content (AvgIpc) is 2.93. The summed E-state index contributed by atoms with van der Waals surface area (Å²) >= 11 is 1.76. The highest BCUT2D eigenvalue weighted by molar-refractivity contribution is 7.09. The lowest BCUT2D eigenvalue weighted by Gasteiger charge is -2.38. The molecule has 0 amide bonds. The molecular formula is C17H22N2S. The summed E-state index contributed by atoms with van der Waals surface area (Å²) in [6, 6.07) is 10.1. The lowest BCUT2D eigenvalue weighted by molar-refractivity contribution is 0.262. The van der Waals surface area contributed by atoms with E-state index in [-0.39, 0.29) is 0 Å². The lowest BCUT2D eigenvalue weighted by Crippen LogP contribution is -2.41. The molecule has 1 unspecified atom stereocenters. The van der Waals surface area contributed by atoms with Crippen LogP contribution in [-0.4, -0.2) is 11.0 Å². The van der Waals surface area contributed by atoms with E-state index >= 15 is 0 Å². The van der Waals surface area contributed by atoms with E-state index in [4.69, 9.17) is 0 Å². The Morgan fingerprint density at radius 1 is 1.30 bits per heavy atom. The summed E-state index contributed by atoms with van der Waals surface area (Å²) in [6.45, 7) is 4.38.